The average Bonchev–Trinajstić information content (AvgIpc) is 2.89. The normalized spacial score (nSPS) is 9.72. The number of nitrogens with one attached hydrogen (secondary N) is 1. The Morgan fingerprint density at radius 2 is 2.44 bits per heavy atom. The molecule has 2 aromatic rings. The predicted octanol–water partition coefficient (Wildman–Crippen LogP) is 1.46. The Balaban J connectivity index is 2.22. The summed E-state index contributed by atoms with van der Waals surface area (Å²) in [6.45, 7) is 0.222. The Morgan fingerprint density at radius 3 is 3.06 bits per heavy atom. The van der Waals surface area contributed by atoms with Gasteiger partial charge in [-0.3, -0.25) is 10.1 Å². The van der Waals surface area contributed by atoms with Gasteiger partial charge in [0.15, 0.2) is 5.76 Å². The largest absolute Gasteiger partial charge is 0.360 e. The van der Waals surface area contributed by atoms with Crippen LogP contribution in [0.1, 0.15) is 11.3 Å². The molecule has 0 bridgehead atoms. The van der Waals surface area contributed by atoms with Crippen LogP contribution in [0.25, 0.3) is 0 Å². The van der Waals surface area contributed by atoms with Gasteiger partial charge in [0.1, 0.15) is 6.07 Å². The number of rotatable bonds is 4. The second kappa shape index (κ2) is 4.92. The van der Waals surface area contributed by atoms with E-state index < -0.39 is 4.92 Å². The molecule has 0 aliphatic carbocycles. The van der Waals surface area contributed by atoms with Crippen LogP contribution >= 0.6 is 0 Å². The minimum absolute atomic E-state index is 0.0791. The summed E-state index contributed by atoms with van der Waals surface area (Å²) < 4.78 is 4.84. The molecule has 2 heterocycles. The number of hydrogen-bond donors (Lipinski definition) is 1. The van der Waals surface area contributed by atoms with Crippen molar-refractivity contribution < 1.29 is 9.45 Å². The number of pyridine rings is 1. The van der Waals surface area contributed by atoms with Gasteiger partial charge in [0, 0.05) is 18.3 Å². The van der Waals surface area contributed by atoms with Crippen molar-refractivity contribution >= 4 is 11.5 Å². The van der Waals surface area contributed by atoms with Gasteiger partial charge in [0.25, 0.3) is 0 Å². The Hall–Kier alpha value is -2.95. The highest BCUT2D eigenvalue weighted by Gasteiger charge is 2.16. The first-order chi connectivity index (χ1) is 8.70. The second-order valence-corrected chi connectivity index (χ2v) is 3.29. The fourth-order valence-electron chi connectivity index (χ4n) is 1.29. The molecule has 0 radical (unpaired) electrons. The third-order valence-corrected chi connectivity index (χ3v) is 2.11. The van der Waals surface area contributed by atoms with Crippen LogP contribution in [0.4, 0.5) is 11.5 Å². The van der Waals surface area contributed by atoms with Gasteiger partial charge in [0.2, 0.25) is 5.82 Å². The Kier molecular flexibility index (Phi) is 3.15. The SMILES string of the molecule is N#Cc1cnc(NCc2ccno2)c([N+](=O)[O-])c1. The Labute approximate surface area is 101 Å². The molecule has 0 aliphatic heterocycles. The summed E-state index contributed by atoms with van der Waals surface area (Å²) in [5, 5.41) is 25.7. The van der Waals surface area contributed by atoms with Crippen LogP contribution in [0, 0.1) is 21.4 Å². The molecule has 0 saturated heterocycles. The average molecular weight is 245 g/mol. The van der Waals surface area contributed by atoms with E-state index in [0.29, 0.717) is 5.76 Å². The topological polar surface area (TPSA) is 118 Å². The molecular weight excluding hydrogens is 238 g/mol. The van der Waals surface area contributed by atoms with E-state index in [1.54, 1.807) is 12.1 Å². The van der Waals surface area contributed by atoms with Crippen molar-refractivity contribution in [3.05, 3.63) is 46.0 Å². The third kappa shape index (κ3) is 2.41. The van der Waals surface area contributed by atoms with Crippen LogP contribution in [-0.4, -0.2) is 15.1 Å². The van der Waals surface area contributed by atoms with E-state index in [1.165, 1.54) is 12.4 Å². The molecule has 0 atom stereocenters. The van der Waals surface area contributed by atoms with Crippen molar-refractivity contribution in [2.24, 2.45) is 0 Å². The summed E-state index contributed by atoms with van der Waals surface area (Å²) in [5.74, 6) is 0.603. The number of nitriles is 1. The van der Waals surface area contributed by atoms with Crippen LogP contribution in [0.3, 0.4) is 0 Å². The molecule has 0 aromatic carbocycles. The zero-order valence-corrected chi connectivity index (χ0v) is 9.03. The molecule has 0 unspecified atom stereocenters. The monoisotopic (exact) mass is 245 g/mol. The first kappa shape index (κ1) is 11.5. The minimum atomic E-state index is -0.601. The first-order valence-electron chi connectivity index (χ1n) is 4.88. The fourth-order valence-corrected chi connectivity index (χ4v) is 1.29. The molecule has 0 spiro atoms. The van der Waals surface area contributed by atoms with Crippen LogP contribution in [0.15, 0.2) is 29.0 Å². The Bertz CT molecular complexity index is 602. The highest BCUT2D eigenvalue weighted by atomic mass is 16.6. The molecule has 90 valence electrons. The summed E-state index contributed by atoms with van der Waals surface area (Å²) in [6.07, 6.45) is 2.73. The van der Waals surface area contributed by atoms with Gasteiger partial charge < -0.3 is 9.84 Å². The van der Waals surface area contributed by atoms with Crippen molar-refractivity contribution in [2.75, 3.05) is 5.32 Å². The minimum Gasteiger partial charge on any atom is -0.360 e. The summed E-state index contributed by atoms with van der Waals surface area (Å²) >= 11 is 0. The quantitative estimate of drug-likeness (QED) is 0.639. The maximum atomic E-state index is 10.8. The highest BCUT2D eigenvalue weighted by Crippen LogP contribution is 2.22. The highest BCUT2D eigenvalue weighted by molar-refractivity contribution is 5.58. The van der Waals surface area contributed by atoms with Gasteiger partial charge in [-0.1, -0.05) is 5.16 Å². The van der Waals surface area contributed by atoms with Crippen LogP contribution in [0.2, 0.25) is 0 Å². The van der Waals surface area contributed by atoms with Crippen LogP contribution in [0.5, 0.6) is 0 Å². The molecule has 2 rings (SSSR count). The Morgan fingerprint density at radius 1 is 1.61 bits per heavy atom. The van der Waals surface area contributed by atoms with E-state index in [2.05, 4.69) is 15.5 Å². The van der Waals surface area contributed by atoms with Gasteiger partial charge in [-0.05, 0) is 0 Å². The number of nitrogens with zero attached hydrogens (tertiary/aromatic N) is 4. The van der Waals surface area contributed by atoms with E-state index in [9.17, 15) is 10.1 Å². The molecule has 18 heavy (non-hydrogen) atoms. The van der Waals surface area contributed by atoms with Crippen LogP contribution < -0.4 is 5.32 Å². The van der Waals surface area contributed by atoms with Crippen molar-refractivity contribution in [2.45, 2.75) is 6.54 Å². The lowest BCUT2D eigenvalue weighted by molar-refractivity contribution is -0.384. The zero-order chi connectivity index (χ0) is 13.0. The van der Waals surface area contributed by atoms with Crippen molar-refractivity contribution in [1.82, 2.24) is 10.1 Å². The van der Waals surface area contributed by atoms with E-state index in [0.717, 1.165) is 6.07 Å². The molecule has 0 aliphatic rings. The van der Waals surface area contributed by atoms with Crippen molar-refractivity contribution in [1.29, 1.82) is 5.26 Å². The van der Waals surface area contributed by atoms with E-state index in [-0.39, 0.29) is 23.6 Å². The standard InChI is InChI=1S/C10H7N5O3/c11-4-7-3-9(15(16)17)10(12-5-7)13-6-8-1-2-14-18-8/h1-3,5H,6H2,(H,12,13). The number of anilines is 1. The van der Waals surface area contributed by atoms with Crippen molar-refractivity contribution in [3.8, 4) is 6.07 Å². The molecule has 0 amide bonds. The third-order valence-electron chi connectivity index (χ3n) is 2.11. The molecule has 0 fully saturated rings. The molecule has 2 aromatic heterocycles. The predicted molar refractivity (Wildman–Crippen MR) is 59.4 cm³/mol. The molecule has 0 saturated carbocycles. The number of hydrogen-bond acceptors (Lipinski definition) is 7. The number of aromatic nitrogens is 2. The van der Waals surface area contributed by atoms with E-state index >= 15 is 0 Å². The smallest absolute Gasteiger partial charge is 0.312 e. The lowest BCUT2D eigenvalue weighted by Gasteiger charge is -2.03. The lowest BCUT2D eigenvalue weighted by atomic mass is 10.2. The molecular formula is C10H7N5O3. The summed E-state index contributed by atoms with van der Waals surface area (Å²) in [5.41, 5.74) is -0.125. The maximum Gasteiger partial charge on any atom is 0.312 e. The fraction of sp³-hybridized carbons (Fsp3) is 0.100. The second-order valence-electron chi connectivity index (χ2n) is 3.29. The van der Waals surface area contributed by atoms with Gasteiger partial charge in [0.05, 0.1) is 23.2 Å². The van der Waals surface area contributed by atoms with Gasteiger partial charge >= 0.3 is 5.69 Å². The first-order valence-corrected chi connectivity index (χ1v) is 4.88. The van der Waals surface area contributed by atoms with Gasteiger partial charge in [-0.2, -0.15) is 5.26 Å². The molecule has 8 heteroatoms. The summed E-state index contributed by atoms with van der Waals surface area (Å²) in [6, 6.07) is 4.59. The van der Waals surface area contributed by atoms with Crippen molar-refractivity contribution in [3.63, 3.8) is 0 Å². The van der Waals surface area contributed by atoms with E-state index in [1.807, 2.05) is 0 Å². The number of nitro groups is 1. The molecule has 8 nitrogen and oxygen atoms in total. The van der Waals surface area contributed by atoms with Crippen LogP contribution in [-0.2, 0) is 6.54 Å². The maximum absolute atomic E-state index is 10.8. The summed E-state index contributed by atoms with van der Waals surface area (Å²) in [7, 11) is 0. The molecule has 1 N–H and O–H groups in total. The van der Waals surface area contributed by atoms with Gasteiger partial charge in [-0.25, -0.2) is 4.98 Å². The zero-order valence-electron chi connectivity index (χ0n) is 9.03. The van der Waals surface area contributed by atoms with E-state index in [4.69, 9.17) is 9.78 Å². The lowest BCUT2D eigenvalue weighted by Crippen LogP contribution is -2.04. The summed E-state index contributed by atoms with van der Waals surface area (Å²) in [4.78, 5) is 14.1. The van der Waals surface area contributed by atoms with Gasteiger partial charge in [-0.15, -0.1) is 0 Å².